The Morgan fingerprint density at radius 2 is 0.731 bits per heavy atom. The molecule has 11 aromatic carbocycles. The molecule has 0 bridgehead atoms. The predicted octanol–water partition coefficient (Wildman–Crippen LogP) is 16.7. The maximum absolute atomic E-state index is 2.52. The Hall–Kier alpha value is -8.52. The average molecular weight is 852 g/mol. The largest absolute Gasteiger partial charge is 0.310 e. The summed E-state index contributed by atoms with van der Waals surface area (Å²) in [5, 5.41) is 2.42. The van der Waals surface area contributed by atoms with Crippen LogP contribution >= 0.6 is 0 Å². The summed E-state index contributed by atoms with van der Waals surface area (Å²) in [6.07, 6.45) is 0. The summed E-state index contributed by atoms with van der Waals surface area (Å²) in [5.74, 6) is 0. The number of hydrogen-bond acceptors (Lipinski definition) is 1. The quantitative estimate of drug-likeness (QED) is 0.147. The first-order chi connectivity index (χ1) is 33.3. The van der Waals surface area contributed by atoms with Crippen molar-refractivity contribution in [2.24, 2.45) is 0 Å². The van der Waals surface area contributed by atoms with Crippen molar-refractivity contribution in [2.45, 2.75) is 10.8 Å². The monoisotopic (exact) mass is 851 g/mol. The van der Waals surface area contributed by atoms with E-state index in [-0.39, 0.29) is 0 Å². The molecule has 11 aromatic rings. The van der Waals surface area contributed by atoms with Gasteiger partial charge < -0.3 is 4.90 Å². The predicted molar refractivity (Wildman–Crippen MR) is 279 cm³/mol. The Labute approximate surface area is 392 Å². The molecule has 0 atom stereocenters. The average Bonchev–Trinajstić information content (AvgIpc) is 3.89. The van der Waals surface area contributed by atoms with E-state index in [9.17, 15) is 0 Å². The highest BCUT2D eigenvalue weighted by molar-refractivity contribution is 6.10. The lowest BCUT2D eigenvalue weighted by molar-refractivity contribution is 0.768. The molecule has 0 radical (unpaired) electrons. The Morgan fingerprint density at radius 1 is 0.269 bits per heavy atom. The molecule has 0 heterocycles. The van der Waals surface area contributed by atoms with E-state index in [0.29, 0.717) is 0 Å². The Balaban J connectivity index is 1.15. The molecule has 1 nitrogen and oxygen atoms in total. The molecule has 0 fully saturated rings. The van der Waals surface area contributed by atoms with Crippen molar-refractivity contribution in [2.75, 3.05) is 4.90 Å². The number of nitrogens with zero attached hydrogens (tertiary/aromatic N) is 1. The van der Waals surface area contributed by atoms with Gasteiger partial charge >= 0.3 is 0 Å². The van der Waals surface area contributed by atoms with E-state index in [1.165, 1.54) is 88.7 Å². The van der Waals surface area contributed by atoms with Crippen molar-refractivity contribution in [3.8, 4) is 33.4 Å². The molecule has 0 aliphatic heterocycles. The van der Waals surface area contributed by atoms with Gasteiger partial charge in [0.1, 0.15) is 0 Å². The first-order valence-corrected chi connectivity index (χ1v) is 23.3. The summed E-state index contributed by atoms with van der Waals surface area (Å²) < 4.78 is 0. The lowest BCUT2D eigenvalue weighted by Gasteiger charge is -2.36. The standard InChI is InChI=1S/C66H45N/c1-7-24-46(25-8-1)53-39-23-41-60-63(53)58-45-62(56-37-19-20-38-57(56)64(58)66(60,49-30-13-4-14-31-49)50-32-15-5-16-33-50)67(51-34-17-6-18-35-51)52-42-43-55-54-36-21-22-40-59(54)65(61(55)44-52,47-26-9-2-10-27-47)48-28-11-3-12-29-48/h1-45H. The number of fused-ring (bicyclic) bond motifs is 8. The van der Waals surface area contributed by atoms with Crippen LogP contribution in [0.3, 0.4) is 0 Å². The van der Waals surface area contributed by atoms with Crippen LogP contribution in [0.5, 0.6) is 0 Å². The van der Waals surface area contributed by atoms with Crippen LogP contribution < -0.4 is 4.90 Å². The highest BCUT2D eigenvalue weighted by Crippen LogP contribution is 2.62. The van der Waals surface area contributed by atoms with Crippen molar-refractivity contribution in [3.63, 3.8) is 0 Å². The van der Waals surface area contributed by atoms with Gasteiger partial charge in [-0.15, -0.1) is 0 Å². The highest BCUT2D eigenvalue weighted by atomic mass is 15.1. The van der Waals surface area contributed by atoms with Crippen molar-refractivity contribution < 1.29 is 0 Å². The first-order valence-electron chi connectivity index (χ1n) is 23.3. The zero-order valence-electron chi connectivity index (χ0n) is 36.9. The third kappa shape index (κ3) is 5.68. The number of hydrogen-bond donors (Lipinski definition) is 0. The fourth-order valence-corrected chi connectivity index (χ4v) is 12.0. The van der Waals surface area contributed by atoms with Crippen molar-refractivity contribution in [1.29, 1.82) is 0 Å². The van der Waals surface area contributed by atoms with Gasteiger partial charge in [-0.05, 0) is 114 Å². The molecule has 0 N–H and O–H groups in total. The van der Waals surface area contributed by atoms with E-state index in [4.69, 9.17) is 0 Å². The van der Waals surface area contributed by atoms with Gasteiger partial charge in [0.2, 0.25) is 0 Å². The second-order valence-electron chi connectivity index (χ2n) is 17.9. The fraction of sp³-hybridized carbons (Fsp3) is 0.0303. The summed E-state index contributed by atoms with van der Waals surface area (Å²) in [4.78, 5) is 2.52. The second kappa shape index (κ2) is 15.6. The normalized spacial score (nSPS) is 13.6. The molecule has 0 aromatic heterocycles. The van der Waals surface area contributed by atoms with Gasteiger partial charge in [0, 0.05) is 16.8 Å². The van der Waals surface area contributed by atoms with E-state index in [0.717, 1.165) is 17.1 Å². The molecule has 0 spiro atoms. The number of para-hydroxylation sites is 1. The number of rotatable bonds is 8. The maximum Gasteiger partial charge on any atom is 0.0719 e. The van der Waals surface area contributed by atoms with Crippen LogP contribution in [0.15, 0.2) is 273 Å². The van der Waals surface area contributed by atoms with Crippen LogP contribution in [0.1, 0.15) is 44.5 Å². The molecule has 13 rings (SSSR count). The zero-order chi connectivity index (χ0) is 44.4. The van der Waals surface area contributed by atoms with Gasteiger partial charge in [0.25, 0.3) is 0 Å². The van der Waals surface area contributed by atoms with Gasteiger partial charge in [-0.2, -0.15) is 0 Å². The fourth-order valence-electron chi connectivity index (χ4n) is 12.0. The van der Waals surface area contributed by atoms with E-state index in [1.54, 1.807) is 0 Å². The van der Waals surface area contributed by atoms with Crippen molar-refractivity contribution in [3.05, 3.63) is 317 Å². The van der Waals surface area contributed by atoms with Crippen LogP contribution in [0, 0.1) is 0 Å². The minimum absolute atomic E-state index is 0.540. The van der Waals surface area contributed by atoms with E-state index in [1.807, 2.05) is 0 Å². The zero-order valence-corrected chi connectivity index (χ0v) is 36.9. The van der Waals surface area contributed by atoms with Gasteiger partial charge in [-0.1, -0.05) is 243 Å². The highest BCUT2D eigenvalue weighted by Gasteiger charge is 2.49. The number of benzene rings is 11. The molecule has 1 heteroatoms. The van der Waals surface area contributed by atoms with Gasteiger partial charge in [-0.25, -0.2) is 0 Å². The smallest absolute Gasteiger partial charge is 0.0719 e. The third-order valence-electron chi connectivity index (χ3n) is 14.6. The van der Waals surface area contributed by atoms with Crippen molar-refractivity contribution >= 4 is 27.8 Å². The molecule has 2 aliphatic rings. The third-order valence-corrected chi connectivity index (χ3v) is 14.6. The second-order valence-corrected chi connectivity index (χ2v) is 17.9. The topological polar surface area (TPSA) is 3.24 Å². The van der Waals surface area contributed by atoms with Crippen LogP contribution in [0.2, 0.25) is 0 Å². The minimum atomic E-state index is -0.599. The lowest BCUT2D eigenvalue weighted by atomic mass is 9.66. The summed E-state index contributed by atoms with van der Waals surface area (Å²) >= 11 is 0. The summed E-state index contributed by atoms with van der Waals surface area (Å²) in [5.41, 5.74) is 19.9. The van der Waals surface area contributed by atoms with Crippen LogP contribution in [-0.2, 0) is 10.8 Å². The maximum atomic E-state index is 2.52. The molecule has 2 aliphatic carbocycles. The van der Waals surface area contributed by atoms with Crippen LogP contribution in [-0.4, -0.2) is 0 Å². The molecule has 0 unspecified atom stereocenters. The Bertz CT molecular complexity index is 3520. The molecule has 0 saturated heterocycles. The SMILES string of the molecule is c1ccc(-c2cccc3c2-c2cc(N(c4ccccc4)c4ccc5c(c4)C(c4ccccc4)(c4ccccc4)c4ccccc4-5)c4ccccc4c2C3(c2ccccc2)c2ccccc2)cc1. The molecular formula is C66H45N. The van der Waals surface area contributed by atoms with Gasteiger partial charge in [-0.3, -0.25) is 0 Å². The summed E-state index contributed by atoms with van der Waals surface area (Å²) in [7, 11) is 0. The lowest BCUT2D eigenvalue weighted by Crippen LogP contribution is -2.29. The van der Waals surface area contributed by atoms with Gasteiger partial charge in [0.05, 0.1) is 16.5 Å². The van der Waals surface area contributed by atoms with Gasteiger partial charge in [0.15, 0.2) is 0 Å². The summed E-state index contributed by atoms with van der Waals surface area (Å²) in [6.45, 7) is 0. The van der Waals surface area contributed by atoms with E-state index >= 15 is 0 Å². The first kappa shape index (κ1) is 38.9. The van der Waals surface area contributed by atoms with E-state index < -0.39 is 10.8 Å². The van der Waals surface area contributed by atoms with Crippen molar-refractivity contribution in [1.82, 2.24) is 0 Å². The molecule has 0 saturated carbocycles. The summed E-state index contributed by atoms with van der Waals surface area (Å²) in [6, 6.07) is 101. The molecule has 67 heavy (non-hydrogen) atoms. The number of anilines is 3. The van der Waals surface area contributed by atoms with Crippen LogP contribution in [0.25, 0.3) is 44.2 Å². The Kier molecular flexibility index (Phi) is 9.05. The molecular weight excluding hydrogens is 807 g/mol. The Morgan fingerprint density at radius 3 is 1.34 bits per heavy atom. The molecule has 0 amide bonds. The van der Waals surface area contributed by atoms with E-state index in [2.05, 4.69) is 278 Å². The minimum Gasteiger partial charge on any atom is -0.310 e. The van der Waals surface area contributed by atoms with Crippen LogP contribution in [0.4, 0.5) is 17.1 Å². The molecule has 314 valence electrons.